The van der Waals surface area contributed by atoms with Gasteiger partial charge in [-0.15, -0.1) is 0 Å². The van der Waals surface area contributed by atoms with Crippen molar-refractivity contribution in [2.45, 2.75) is 43.7 Å². The summed E-state index contributed by atoms with van der Waals surface area (Å²) >= 11 is 0. The zero-order valence-electron chi connectivity index (χ0n) is 19.5. The molecule has 0 saturated carbocycles. The zero-order valence-corrected chi connectivity index (χ0v) is 20.3. The average molecular weight is 488 g/mol. The van der Waals surface area contributed by atoms with Crippen LogP contribution in [0.5, 0.6) is 0 Å². The van der Waals surface area contributed by atoms with Crippen molar-refractivity contribution in [3.63, 3.8) is 0 Å². The van der Waals surface area contributed by atoms with Crippen LogP contribution in [0.2, 0.25) is 0 Å². The molecule has 182 valence electrons. The van der Waals surface area contributed by atoms with E-state index in [0.717, 1.165) is 11.1 Å². The summed E-state index contributed by atoms with van der Waals surface area (Å²) in [6, 6.07) is 11.8. The fourth-order valence-corrected chi connectivity index (χ4v) is 5.13. The van der Waals surface area contributed by atoms with E-state index < -0.39 is 16.1 Å². The predicted octanol–water partition coefficient (Wildman–Crippen LogP) is 3.14. The summed E-state index contributed by atoms with van der Waals surface area (Å²) in [5, 5.41) is 0. The van der Waals surface area contributed by atoms with Crippen molar-refractivity contribution in [2.75, 3.05) is 36.6 Å². The fourth-order valence-electron chi connectivity index (χ4n) is 4.40. The fraction of sp³-hybridized carbons (Fsp3) is 0.417. The Morgan fingerprint density at radius 2 is 1.68 bits per heavy atom. The molecule has 2 heterocycles. The molecule has 4 rings (SSSR count). The maximum absolute atomic E-state index is 13.2. The molecule has 2 amide bonds. The molecule has 0 aliphatic carbocycles. The van der Waals surface area contributed by atoms with E-state index in [-0.39, 0.29) is 22.9 Å². The van der Waals surface area contributed by atoms with Crippen LogP contribution in [0.4, 0.5) is 16.2 Å². The van der Waals surface area contributed by atoms with Crippen LogP contribution in [0.15, 0.2) is 47.4 Å². The van der Waals surface area contributed by atoms with E-state index in [4.69, 9.17) is 9.47 Å². The molecule has 2 aliphatic rings. The lowest BCUT2D eigenvalue weighted by atomic mass is 10.0. The third-order valence-corrected chi connectivity index (χ3v) is 7.61. The number of ether oxygens (including phenoxy) is 2. The van der Waals surface area contributed by atoms with Crippen LogP contribution < -0.4 is 14.5 Å². The number of fused-ring (bicyclic) bond motifs is 1. The minimum atomic E-state index is -3.54. The number of benzene rings is 2. The number of nitrogens with zero attached hydrogens (tertiary/aromatic N) is 2. The quantitative estimate of drug-likeness (QED) is 0.710. The average Bonchev–Trinajstić information content (AvgIpc) is 2.83. The number of hydrogen-bond donors (Lipinski definition) is 1. The Morgan fingerprint density at radius 1 is 1.03 bits per heavy atom. The monoisotopic (exact) mass is 487 g/mol. The summed E-state index contributed by atoms with van der Waals surface area (Å²) in [7, 11) is -2.18. The normalized spacial score (nSPS) is 19.0. The standard InChI is InChI=1S/C24H29N3O6S/c1-16-15-26(24(29)33-20-10-12-32-13-11-20)23-14-19(6-9-22(23)27(16)17(2)28)18-4-7-21(8-5-18)34(30,31)25-3/h4-9,14,16,20,25H,10-13,15H2,1-3H3. The Bertz CT molecular complexity index is 1180. The van der Waals surface area contributed by atoms with Gasteiger partial charge in [-0.1, -0.05) is 18.2 Å². The van der Waals surface area contributed by atoms with Crippen molar-refractivity contribution >= 4 is 33.4 Å². The Morgan fingerprint density at radius 3 is 2.29 bits per heavy atom. The molecule has 0 aromatic heterocycles. The Balaban J connectivity index is 1.70. The highest BCUT2D eigenvalue weighted by Gasteiger charge is 2.35. The number of carbonyl (C=O) groups is 2. The highest BCUT2D eigenvalue weighted by atomic mass is 32.2. The lowest BCUT2D eigenvalue weighted by Crippen LogP contribution is -2.52. The summed E-state index contributed by atoms with van der Waals surface area (Å²) < 4.78 is 37.5. The number of sulfonamides is 1. The van der Waals surface area contributed by atoms with E-state index in [1.807, 2.05) is 25.1 Å². The minimum absolute atomic E-state index is 0.111. The molecule has 0 radical (unpaired) electrons. The van der Waals surface area contributed by atoms with Crippen molar-refractivity contribution in [3.8, 4) is 11.1 Å². The highest BCUT2D eigenvalue weighted by Crippen LogP contribution is 2.39. The largest absolute Gasteiger partial charge is 0.446 e. The van der Waals surface area contributed by atoms with Crippen LogP contribution in [0.1, 0.15) is 26.7 Å². The van der Waals surface area contributed by atoms with Crippen molar-refractivity contribution < 1.29 is 27.5 Å². The van der Waals surface area contributed by atoms with Gasteiger partial charge >= 0.3 is 6.09 Å². The van der Waals surface area contributed by atoms with Gasteiger partial charge in [0.25, 0.3) is 0 Å². The summed E-state index contributed by atoms with van der Waals surface area (Å²) in [6.07, 6.45) is 0.666. The summed E-state index contributed by atoms with van der Waals surface area (Å²) in [6.45, 7) is 4.83. The van der Waals surface area contributed by atoms with Gasteiger partial charge in [-0.05, 0) is 49.4 Å². The first-order chi connectivity index (χ1) is 16.2. The maximum Gasteiger partial charge on any atom is 0.414 e. The molecule has 2 aromatic carbocycles. The van der Waals surface area contributed by atoms with Crippen LogP contribution in [0.25, 0.3) is 11.1 Å². The zero-order chi connectivity index (χ0) is 24.5. The molecule has 10 heteroatoms. The number of nitrogens with one attached hydrogen (secondary N) is 1. The third kappa shape index (κ3) is 4.79. The van der Waals surface area contributed by atoms with Gasteiger partial charge in [0.1, 0.15) is 6.10 Å². The van der Waals surface area contributed by atoms with Crippen molar-refractivity contribution in [2.24, 2.45) is 0 Å². The number of anilines is 2. The van der Waals surface area contributed by atoms with E-state index in [9.17, 15) is 18.0 Å². The number of carbonyl (C=O) groups excluding carboxylic acids is 2. The third-order valence-electron chi connectivity index (χ3n) is 6.18. The maximum atomic E-state index is 13.2. The molecule has 34 heavy (non-hydrogen) atoms. The Hall–Kier alpha value is -2.95. The summed E-state index contributed by atoms with van der Waals surface area (Å²) in [4.78, 5) is 29.0. The van der Waals surface area contributed by atoms with Crippen LogP contribution in [0.3, 0.4) is 0 Å². The first kappa shape index (κ1) is 24.2. The van der Waals surface area contributed by atoms with Crippen LogP contribution in [0, 0.1) is 0 Å². The van der Waals surface area contributed by atoms with Gasteiger partial charge in [0.15, 0.2) is 0 Å². The molecular formula is C24H29N3O6S. The van der Waals surface area contributed by atoms with E-state index >= 15 is 0 Å². The number of hydrogen-bond acceptors (Lipinski definition) is 6. The molecule has 1 saturated heterocycles. The molecular weight excluding hydrogens is 458 g/mol. The topological polar surface area (TPSA) is 105 Å². The number of amides is 2. The predicted molar refractivity (Wildman–Crippen MR) is 128 cm³/mol. The highest BCUT2D eigenvalue weighted by molar-refractivity contribution is 7.89. The second-order valence-corrected chi connectivity index (χ2v) is 10.4. The Kier molecular flexibility index (Phi) is 6.92. The van der Waals surface area contributed by atoms with Gasteiger partial charge < -0.3 is 14.4 Å². The molecule has 2 aliphatic heterocycles. The van der Waals surface area contributed by atoms with Gasteiger partial charge in [0.05, 0.1) is 35.5 Å². The van der Waals surface area contributed by atoms with E-state index in [1.54, 1.807) is 21.9 Å². The van der Waals surface area contributed by atoms with Gasteiger partial charge in [0, 0.05) is 26.3 Å². The summed E-state index contributed by atoms with van der Waals surface area (Å²) in [5.74, 6) is -0.111. The van der Waals surface area contributed by atoms with Gasteiger partial charge in [-0.3, -0.25) is 9.69 Å². The van der Waals surface area contributed by atoms with Gasteiger partial charge in [-0.25, -0.2) is 17.9 Å². The number of rotatable bonds is 4. The van der Waals surface area contributed by atoms with Crippen molar-refractivity contribution in [1.29, 1.82) is 0 Å². The van der Waals surface area contributed by atoms with Crippen molar-refractivity contribution in [1.82, 2.24) is 4.72 Å². The van der Waals surface area contributed by atoms with Crippen molar-refractivity contribution in [3.05, 3.63) is 42.5 Å². The van der Waals surface area contributed by atoms with Crippen LogP contribution >= 0.6 is 0 Å². The Labute approximate surface area is 199 Å². The van der Waals surface area contributed by atoms with E-state index in [0.29, 0.717) is 44.0 Å². The molecule has 1 fully saturated rings. The first-order valence-corrected chi connectivity index (χ1v) is 12.7. The van der Waals surface area contributed by atoms with Gasteiger partial charge in [-0.2, -0.15) is 0 Å². The molecule has 1 unspecified atom stereocenters. The second kappa shape index (κ2) is 9.73. The van der Waals surface area contributed by atoms with E-state index in [1.165, 1.54) is 26.1 Å². The SMILES string of the molecule is CNS(=O)(=O)c1ccc(-c2ccc3c(c2)N(C(=O)OC2CCOCC2)CC(C)N3C(C)=O)cc1. The molecule has 0 spiro atoms. The minimum Gasteiger partial charge on any atom is -0.446 e. The summed E-state index contributed by atoms with van der Waals surface area (Å²) in [5.41, 5.74) is 2.78. The molecule has 2 aromatic rings. The van der Waals surface area contributed by atoms with Crippen LogP contribution in [-0.2, 0) is 24.3 Å². The first-order valence-electron chi connectivity index (χ1n) is 11.2. The van der Waals surface area contributed by atoms with E-state index in [2.05, 4.69) is 4.72 Å². The second-order valence-electron chi connectivity index (χ2n) is 8.48. The lowest BCUT2D eigenvalue weighted by molar-refractivity contribution is -0.117. The lowest BCUT2D eigenvalue weighted by Gasteiger charge is -2.41. The molecule has 0 bridgehead atoms. The van der Waals surface area contributed by atoms with Gasteiger partial charge in [0.2, 0.25) is 15.9 Å². The van der Waals surface area contributed by atoms with Crippen LogP contribution in [-0.4, -0.2) is 59.4 Å². The molecule has 9 nitrogen and oxygen atoms in total. The smallest absolute Gasteiger partial charge is 0.414 e. The molecule has 1 N–H and O–H groups in total. The molecule has 1 atom stereocenters.